The average Bonchev–Trinajstić information content (AvgIpc) is 2.35. The molecule has 1 rings (SSSR count). The molecule has 0 bridgehead atoms. The molecule has 0 aromatic carbocycles. The Hall–Kier alpha value is -1.89. The number of anilines is 2. The maximum absolute atomic E-state index is 10.8. The molecule has 5 N–H and O–H groups in total. The van der Waals surface area contributed by atoms with E-state index in [0.717, 1.165) is 17.2 Å². The van der Waals surface area contributed by atoms with Crippen LogP contribution in [0.2, 0.25) is 0 Å². The number of hydrazine groups is 1. The van der Waals surface area contributed by atoms with Crippen LogP contribution in [0.3, 0.4) is 0 Å². The highest BCUT2D eigenvalue weighted by atomic mass is 16.1. The van der Waals surface area contributed by atoms with Crippen molar-refractivity contribution in [2.75, 3.05) is 23.8 Å². The van der Waals surface area contributed by atoms with E-state index in [1.54, 1.807) is 0 Å². The molecular formula is C12H22N6O. The van der Waals surface area contributed by atoms with Crippen LogP contribution in [0.25, 0.3) is 0 Å². The first-order chi connectivity index (χ1) is 8.95. The van der Waals surface area contributed by atoms with E-state index in [2.05, 4.69) is 26.0 Å². The van der Waals surface area contributed by atoms with Gasteiger partial charge in [-0.1, -0.05) is 13.8 Å². The molecule has 0 radical (unpaired) electrons. The van der Waals surface area contributed by atoms with E-state index in [0.29, 0.717) is 18.9 Å². The minimum Gasteiger partial charge on any atom is -0.368 e. The van der Waals surface area contributed by atoms with Crippen LogP contribution in [-0.4, -0.2) is 29.0 Å². The first-order valence-electron chi connectivity index (χ1n) is 6.29. The molecule has 1 amide bonds. The molecule has 0 saturated carbocycles. The summed E-state index contributed by atoms with van der Waals surface area (Å²) in [4.78, 5) is 19.6. The Kier molecular flexibility index (Phi) is 5.50. The second kappa shape index (κ2) is 6.89. The molecule has 7 nitrogen and oxygen atoms in total. The summed E-state index contributed by atoms with van der Waals surface area (Å²) in [5.74, 6) is 7.69. The number of hydrogen-bond donors (Lipinski definition) is 4. The number of aromatic nitrogens is 2. The van der Waals surface area contributed by atoms with Crippen molar-refractivity contribution in [3.63, 3.8) is 0 Å². The molecular weight excluding hydrogens is 244 g/mol. The van der Waals surface area contributed by atoms with E-state index < -0.39 is 0 Å². The first kappa shape index (κ1) is 15.2. The molecule has 1 aromatic heterocycles. The van der Waals surface area contributed by atoms with Gasteiger partial charge in [0.15, 0.2) is 0 Å². The third-order valence-corrected chi connectivity index (χ3v) is 2.61. The number of carbonyl (C=O) groups is 1. The zero-order valence-corrected chi connectivity index (χ0v) is 11.9. The van der Waals surface area contributed by atoms with Crippen molar-refractivity contribution >= 4 is 17.5 Å². The lowest BCUT2D eigenvalue weighted by atomic mass is 10.2. The maximum Gasteiger partial charge on any atom is 0.216 e. The summed E-state index contributed by atoms with van der Waals surface area (Å²) in [7, 11) is 0. The molecule has 0 atom stereocenters. The van der Waals surface area contributed by atoms with Gasteiger partial charge in [-0.15, -0.1) is 0 Å². The topological polar surface area (TPSA) is 105 Å². The van der Waals surface area contributed by atoms with Gasteiger partial charge in [-0.25, -0.2) is 15.8 Å². The minimum absolute atomic E-state index is 0.0478. The molecule has 0 saturated heterocycles. The van der Waals surface area contributed by atoms with Crippen molar-refractivity contribution in [3.05, 3.63) is 11.4 Å². The number of nitrogens with two attached hydrogens (primary N) is 1. The van der Waals surface area contributed by atoms with Gasteiger partial charge in [0, 0.05) is 31.5 Å². The van der Waals surface area contributed by atoms with Crippen molar-refractivity contribution in [1.82, 2.24) is 15.3 Å². The molecule has 0 spiro atoms. The van der Waals surface area contributed by atoms with Crippen LogP contribution in [-0.2, 0) is 4.79 Å². The summed E-state index contributed by atoms with van der Waals surface area (Å²) < 4.78 is 0. The van der Waals surface area contributed by atoms with Gasteiger partial charge in [-0.2, -0.15) is 0 Å². The largest absolute Gasteiger partial charge is 0.368 e. The number of rotatable bonds is 6. The number of carbonyl (C=O) groups excluding carboxylic acids is 1. The highest BCUT2D eigenvalue weighted by Gasteiger charge is 2.12. The molecule has 0 aliphatic rings. The lowest BCUT2D eigenvalue weighted by Crippen LogP contribution is -2.27. The third kappa shape index (κ3) is 4.36. The minimum atomic E-state index is -0.0478. The van der Waals surface area contributed by atoms with Gasteiger partial charge in [0.1, 0.15) is 17.5 Å². The number of hydrogen-bond acceptors (Lipinski definition) is 6. The standard InChI is InChI=1S/C12H22N6O/c1-7(2)10-16-11(8(3)12(17-10)18-13)15-6-5-14-9(4)19/h7H,5-6,13H2,1-4H3,(H,14,19)(H2,15,16,17,18). The molecule has 1 heterocycles. The fourth-order valence-electron chi connectivity index (χ4n) is 1.52. The van der Waals surface area contributed by atoms with Crippen molar-refractivity contribution in [2.24, 2.45) is 5.84 Å². The quantitative estimate of drug-likeness (QED) is 0.344. The normalized spacial score (nSPS) is 10.4. The summed E-state index contributed by atoms with van der Waals surface area (Å²) in [5, 5.41) is 5.89. The van der Waals surface area contributed by atoms with Crippen molar-refractivity contribution in [1.29, 1.82) is 0 Å². The van der Waals surface area contributed by atoms with Crippen molar-refractivity contribution in [3.8, 4) is 0 Å². The first-order valence-corrected chi connectivity index (χ1v) is 6.29. The highest BCUT2D eigenvalue weighted by molar-refractivity contribution is 5.72. The van der Waals surface area contributed by atoms with Gasteiger partial charge >= 0.3 is 0 Å². The Balaban J connectivity index is 2.80. The molecule has 7 heteroatoms. The summed E-state index contributed by atoms with van der Waals surface area (Å²) in [6.45, 7) is 8.56. The van der Waals surface area contributed by atoms with Crippen LogP contribution in [0, 0.1) is 6.92 Å². The van der Waals surface area contributed by atoms with Gasteiger partial charge < -0.3 is 16.1 Å². The van der Waals surface area contributed by atoms with E-state index in [-0.39, 0.29) is 11.8 Å². The second-order valence-corrected chi connectivity index (χ2v) is 4.61. The van der Waals surface area contributed by atoms with E-state index in [4.69, 9.17) is 5.84 Å². The molecule has 1 aromatic rings. The molecule has 106 valence electrons. The summed E-state index contributed by atoms with van der Waals surface area (Å²) in [6, 6.07) is 0. The number of nitrogens with zero attached hydrogens (tertiary/aromatic N) is 2. The molecule has 0 aliphatic heterocycles. The fourth-order valence-corrected chi connectivity index (χ4v) is 1.52. The zero-order valence-electron chi connectivity index (χ0n) is 11.9. The van der Waals surface area contributed by atoms with E-state index in [1.807, 2.05) is 20.8 Å². The fraction of sp³-hybridized carbons (Fsp3) is 0.583. The smallest absolute Gasteiger partial charge is 0.216 e. The van der Waals surface area contributed by atoms with E-state index in [9.17, 15) is 4.79 Å². The Morgan fingerprint density at radius 2 is 1.89 bits per heavy atom. The number of amides is 1. The second-order valence-electron chi connectivity index (χ2n) is 4.61. The third-order valence-electron chi connectivity index (χ3n) is 2.61. The van der Waals surface area contributed by atoms with Crippen LogP contribution < -0.4 is 21.9 Å². The predicted molar refractivity (Wildman–Crippen MR) is 75.8 cm³/mol. The monoisotopic (exact) mass is 266 g/mol. The SMILES string of the molecule is CC(=O)NCCNc1nc(C(C)C)nc(NN)c1C. The van der Waals surface area contributed by atoms with Crippen LogP contribution >= 0.6 is 0 Å². The Morgan fingerprint density at radius 1 is 1.26 bits per heavy atom. The highest BCUT2D eigenvalue weighted by Crippen LogP contribution is 2.22. The van der Waals surface area contributed by atoms with Crippen LogP contribution in [0.4, 0.5) is 11.6 Å². The Morgan fingerprint density at radius 3 is 2.42 bits per heavy atom. The van der Waals surface area contributed by atoms with Gasteiger partial charge in [0.05, 0.1) is 0 Å². The van der Waals surface area contributed by atoms with Gasteiger partial charge in [-0.3, -0.25) is 4.79 Å². The van der Waals surface area contributed by atoms with Crippen LogP contribution in [0.15, 0.2) is 0 Å². The van der Waals surface area contributed by atoms with Crippen LogP contribution in [0.5, 0.6) is 0 Å². The van der Waals surface area contributed by atoms with Crippen molar-refractivity contribution < 1.29 is 4.79 Å². The Bertz CT molecular complexity index is 446. The lowest BCUT2D eigenvalue weighted by molar-refractivity contribution is -0.118. The summed E-state index contributed by atoms with van der Waals surface area (Å²) >= 11 is 0. The molecule has 0 fully saturated rings. The number of nitrogens with one attached hydrogen (secondary N) is 3. The van der Waals surface area contributed by atoms with Gasteiger partial charge in [-0.05, 0) is 6.92 Å². The van der Waals surface area contributed by atoms with Gasteiger partial charge in [0.25, 0.3) is 0 Å². The predicted octanol–water partition coefficient (Wildman–Crippen LogP) is 0.742. The maximum atomic E-state index is 10.8. The van der Waals surface area contributed by atoms with E-state index >= 15 is 0 Å². The number of nitrogen functional groups attached to an aromatic ring is 1. The van der Waals surface area contributed by atoms with Crippen molar-refractivity contribution in [2.45, 2.75) is 33.6 Å². The molecule has 19 heavy (non-hydrogen) atoms. The molecule has 0 aliphatic carbocycles. The summed E-state index contributed by atoms with van der Waals surface area (Å²) in [6.07, 6.45) is 0. The lowest BCUT2D eigenvalue weighted by Gasteiger charge is -2.15. The van der Waals surface area contributed by atoms with E-state index in [1.165, 1.54) is 6.92 Å². The van der Waals surface area contributed by atoms with Crippen LogP contribution in [0.1, 0.15) is 38.1 Å². The Labute approximate surface area is 113 Å². The summed E-state index contributed by atoms with van der Waals surface area (Å²) in [5.41, 5.74) is 3.43. The zero-order chi connectivity index (χ0) is 14.4. The van der Waals surface area contributed by atoms with Gasteiger partial charge in [0.2, 0.25) is 5.91 Å². The average molecular weight is 266 g/mol. The molecule has 0 unspecified atom stereocenters.